The average molecular weight is 493 g/mol. The molecule has 158 valence electrons. The molecule has 0 bridgehead atoms. The molecule has 1 aromatic heterocycles. The monoisotopic (exact) mass is 492 g/mol. The van der Waals surface area contributed by atoms with Crippen LogP contribution >= 0.6 is 27.7 Å². The number of rotatable bonds is 8. The first-order valence-corrected chi connectivity index (χ1v) is 11.2. The predicted octanol–water partition coefficient (Wildman–Crippen LogP) is 5.63. The van der Waals surface area contributed by atoms with Gasteiger partial charge in [0.1, 0.15) is 11.6 Å². The average Bonchev–Trinajstić information content (AvgIpc) is 3.14. The van der Waals surface area contributed by atoms with Crippen LogP contribution in [0, 0.1) is 5.82 Å². The summed E-state index contributed by atoms with van der Waals surface area (Å²) in [5.74, 6) is 0.925. The summed E-state index contributed by atoms with van der Waals surface area (Å²) in [5.41, 5.74) is 0.718. The van der Waals surface area contributed by atoms with Gasteiger partial charge in [-0.2, -0.15) is 0 Å². The number of nitrogens with zero attached hydrogens (tertiary/aromatic N) is 3. The highest BCUT2D eigenvalue weighted by Crippen LogP contribution is 2.28. The highest BCUT2D eigenvalue weighted by molar-refractivity contribution is 9.10. The Labute approximate surface area is 187 Å². The Morgan fingerprint density at radius 2 is 1.87 bits per heavy atom. The van der Waals surface area contributed by atoms with Crippen molar-refractivity contribution in [2.75, 3.05) is 11.1 Å². The maximum absolute atomic E-state index is 13.1. The van der Waals surface area contributed by atoms with Gasteiger partial charge in [0.05, 0.1) is 11.4 Å². The number of nitrogens with one attached hydrogen (secondary N) is 1. The van der Waals surface area contributed by atoms with Crippen LogP contribution in [0.4, 0.5) is 10.1 Å². The molecule has 0 aliphatic carbocycles. The molecule has 0 aliphatic heterocycles. The molecule has 30 heavy (non-hydrogen) atoms. The number of ether oxygens (including phenoxy) is 1. The largest absolute Gasteiger partial charge is 0.483 e. The Morgan fingerprint density at radius 3 is 2.53 bits per heavy atom. The van der Waals surface area contributed by atoms with Crippen LogP contribution in [0.15, 0.2) is 58.2 Å². The van der Waals surface area contributed by atoms with Crippen molar-refractivity contribution in [2.24, 2.45) is 0 Å². The van der Waals surface area contributed by atoms with Gasteiger partial charge < -0.3 is 14.6 Å². The van der Waals surface area contributed by atoms with E-state index in [1.165, 1.54) is 23.9 Å². The lowest BCUT2D eigenvalue weighted by Crippen LogP contribution is -2.16. The number of para-hydroxylation sites is 1. The van der Waals surface area contributed by atoms with E-state index in [1.54, 1.807) is 12.1 Å². The number of anilines is 1. The third kappa shape index (κ3) is 5.60. The van der Waals surface area contributed by atoms with Gasteiger partial charge in [0, 0.05) is 10.5 Å². The molecule has 3 rings (SSSR count). The number of hydrogen-bond donors (Lipinski definition) is 1. The summed E-state index contributed by atoms with van der Waals surface area (Å²) in [4.78, 5) is 12.4. The second kappa shape index (κ2) is 10.1. The van der Waals surface area contributed by atoms with Crippen molar-refractivity contribution < 1.29 is 13.9 Å². The van der Waals surface area contributed by atoms with Gasteiger partial charge in [-0.15, -0.1) is 10.2 Å². The van der Waals surface area contributed by atoms with Crippen molar-refractivity contribution in [1.29, 1.82) is 0 Å². The van der Waals surface area contributed by atoms with E-state index in [0.717, 1.165) is 10.2 Å². The molecular formula is C21H22BrFN4O2S. The van der Waals surface area contributed by atoms with E-state index in [9.17, 15) is 9.18 Å². The summed E-state index contributed by atoms with van der Waals surface area (Å²) in [7, 11) is 0. The molecule has 0 aliphatic rings. The number of benzene rings is 2. The minimum absolute atomic E-state index is 0.0723. The molecule has 2 aromatic carbocycles. The number of aromatic nitrogens is 3. The summed E-state index contributed by atoms with van der Waals surface area (Å²) >= 11 is 4.73. The first-order valence-electron chi connectivity index (χ1n) is 9.39. The molecule has 0 saturated heterocycles. The Bertz CT molecular complexity index is 1010. The maximum atomic E-state index is 13.1. The lowest BCUT2D eigenvalue weighted by molar-refractivity contribution is -0.113. The Kier molecular flexibility index (Phi) is 7.49. The number of carbonyl (C=O) groups is 1. The van der Waals surface area contributed by atoms with E-state index >= 15 is 0 Å². The van der Waals surface area contributed by atoms with E-state index in [2.05, 4.69) is 31.4 Å². The van der Waals surface area contributed by atoms with Crippen LogP contribution in [0.25, 0.3) is 0 Å². The van der Waals surface area contributed by atoms with Crippen molar-refractivity contribution in [2.45, 2.75) is 38.1 Å². The molecule has 0 spiro atoms. The van der Waals surface area contributed by atoms with Crippen molar-refractivity contribution in [3.05, 3.63) is 64.6 Å². The molecular weight excluding hydrogens is 471 g/mol. The fourth-order valence-corrected chi connectivity index (χ4v) is 4.06. The van der Waals surface area contributed by atoms with Crippen molar-refractivity contribution >= 4 is 39.3 Å². The Balaban J connectivity index is 1.68. The normalized spacial score (nSPS) is 12.1. The lowest BCUT2D eigenvalue weighted by atomic mass is 10.3. The number of hydrogen-bond acceptors (Lipinski definition) is 5. The van der Waals surface area contributed by atoms with Crippen LogP contribution in [-0.4, -0.2) is 26.4 Å². The number of carbonyl (C=O) groups excluding carboxylic acids is 1. The van der Waals surface area contributed by atoms with Crippen molar-refractivity contribution in [3.8, 4) is 5.75 Å². The first-order chi connectivity index (χ1) is 14.3. The van der Waals surface area contributed by atoms with Crippen LogP contribution < -0.4 is 10.1 Å². The minimum Gasteiger partial charge on any atom is -0.483 e. The zero-order valence-corrected chi connectivity index (χ0v) is 19.2. The fraction of sp³-hybridized carbons (Fsp3) is 0.286. The van der Waals surface area contributed by atoms with Gasteiger partial charge in [0.2, 0.25) is 5.91 Å². The minimum atomic E-state index is -0.395. The van der Waals surface area contributed by atoms with Crippen LogP contribution in [-0.2, 0) is 4.79 Å². The molecule has 0 saturated carbocycles. The second-order valence-electron chi connectivity index (χ2n) is 6.84. The zero-order chi connectivity index (χ0) is 21.7. The van der Waals surface area contributed by atoms with Gasteiger partial charge in [-0.3, -0.25) is 4.79 Å². The van der Waals surface area contributed by atoms with Crippen molar-refractivity contribution in [1.82, 2.24) is 14.8 Å². The van der Waals surface area contributed by atoms with Gasteiger partial charge in [0.25, 0.3) is 0 Å². The Morgan fingerprint density at radius 1 is 1.17 bits per heavy atom. The molecule has 0 radical (unpaired) electrons. The number of halogens is 2. The van der Waals surface area contributed by atoms with Gasteiger partial charge in [-0.25, -0.2) is 4.39 Å². The topological polar surface area (TPSA) is 69.0 Å². The second-order valence-corrected chi connectivity index (χ2v) is 8.63. The molecule has 1 amide bonds. The molecule has 1 N–H and O–H groups in total. The third-order valence-corrected chi connectivity index (χ3v) is 5.81. The third-order valence-electron chi connectivity index (χ3n) is 4.18. The molecule has 1 atom stereocenters. The fourth-order valence-electron chi connectivity index (χ4n) is 2.80. The molecule has 3 aromatic rings. The van der Waals surface area contributed by atoms with Crippen LogP contribution in [0.3, 0.4) is 0 Å². The van der Waals surface area contributed by atoms with Gasteiger partial charge in [-0.1, -0.05) is 23.9 Å². The number of amides is 1. The van der Waals surface area contributed by atoms with Crippen LogP contribution in [0.2, 0.25) is 0 Å². The molecule has 9 heteroatoms. The van der Waals surface area contributed by atoms with Gasteiger partial charge in [-0.05, 0) is 73.1 Å². The smallest absolute Gasteiger partial charge is 0.234 e. The Hall–Kier alpha value is -2.39. The zero-order valence-electron chi connectivity index (χ0n) is 16.8. The predicted molar refractivity (Wildman–Crippen MR) is 119 cm³/mol. The quantitative estimate of drug-likeness (QED) is 0.412. The summed E-state index contributed by atoms with van der Waals surface area (Å²) in [6.07, 6.45) is -0.395. The van der Waals surface area contributed by atoms with E-state index in [0.29, 0.717) is 16.7 Å². The summed E-state index contributed by atoms with van der Waals surface area (Å²) in [6, 6.07) is 13.4. The van der Waals surface area contributed by atoms with E-state index in [4.69, 9.17) is 4.74 Å². The maximum Gasteiger partial charge on any atom is 0.234 e. The molecule has 0 fully saturated rings. The summed E-state index contributed by atoms with van der Waals surface area (Å²) < 4.78 is 21.8. The van der Waals surface area contributed by atoms with Gasteiger partial charge >= 0.3 is 0 Å². The van der Waals surface area contributed by atoms with Crippen LogP contribution in [0.1, 0.15) is 38.7 Å². The molecule has 1 unspecified atom stereocenters. The standard InChI is InChI=1S/C21H22BrFN4O2S/c1-13(2)27-20(14(3)29-16-10-8-15(23)9-11-16)25-26-21(27)30-12-19(28)24-18-7-5-4-6-17(18)22/h4-11,13-14H,12H2,1-3H3,(H,24,28). The SMILES string of the molecule is CC(Oc1ccc(F)cc1)c1nnc(SCC(=O)Nc2ccccc2Br)n1C(C)C. The molecule has 1 heterocycles. The molecule has 6 nitrogen and oxygen atoms in total. The van der Waals surface area contributed by atoms with E-state index in [1.807, 2.05) is 49.6 Å². The van der Waals surface area contributed by atoms with Crippen LogP contribution in [0.5, 0.6) is 5.75 Å². The first kappa shape index (κ1) is 22.3. The van der Waals surface area contributed by atoms with Crippen molar-refractivity contribution in [3.63, 3.8) is 0 Å². The van der Waals surface area contributed by atoms with E-state index in [-0.39, 0.29) is 23.5 Å². The highest BCUT2D eigenvalue weighted by Gasteiger charge is 2.22. The highest BCUT2D eigenvalue weighted by atomic mass is 79.9. The summed E-state index contributed by atoms with van der Waals surface area (Å²) in [5, 5.41) is 12.1. The van der Waals surface area contributed by atoms with E-state index < -0.39 is 6.10 Å². The lowest BCUT2D eigenvalue weighted by Gasteiger charge is -2.18. The number of thioether (sulfide) groups is 1. The summed E-state index contributed by atoms with van der Waals surface area (Å²) in [6.45, 7) is 5.89. The van der Waals surface area contributed by atoms with Gasteiger partial charge in [0.15, 0.2) is 17.1 Å².